The first kappa shape index (κ1) is 17.7. The summed E-state index contributed by atoms with van der Waals surface area (Å²) in [7, 11) is 0. The van der Waals surface area contributed by atoms with E-state index in [0.717, 1.165) is 17.0 Å². The molecule has 0 saturated carbocycles. The Hall–Kier alpha value is -2.43. The van der Waals surface area contributed by atoms with E-state index in [1.807, 2.05) is 0 Å². The number of anilines is 1. The maximum absolute atomic E-state index is 14.0. The second-order valence-corrected chi connectivity index (χ2v) is 8.74. The lowest BCUT2D eigenvalue weighted by Crippen LogP contribution is -2.26. The van der Waals surface area contributed by atoms with Crippen molar-refractivity contribution in [1.82, 2.24) is 4.98 Å². The summed E-state index contributed by atoms with van der Waals surface area (Å²) in [6.45, 7) is 4.20. The van der Waals surface area contributed by atoms with Crippen molar-refractivity contribution in [2.45, 2.75) is 20.3 Å². The Balaban J connectivity index is 1.86. The van der Waals surface area contributed by atoms with Crippen molar-refractivity contribution in [1.29, 1.82) is 0 Å². The minimum atomic E-state index is -0.400. The third-order valence-electron chi connectivity index (χ3n) is 5.24. The predicted octanol–water partition coefficient (Wildman–Crippen LogP) is 6.26. The molecule has 0 unspecified atom stereocenters. The van der Waals surface area contributed by atoms with Crippen LogP contribution in [0, 0.1) is 11.2 Å². The van der Waals surface area contributed by atoms with Crippen LogP contribution in [0.4, 0.5) is 10.1 Å². The monoisotopic (exact) mass is 412 g/mol. The highest BCUT2D eigenvalue weighted by Gasteiger charge is 2.42. The summed E-state index contributed by atoms with van der Waals surface area (Å²) in [5.41, 5.74) is 3.81. The van der Waals surface area contributed by atoms with E-state index in [0.29, 0.717) is 38.6 Å². The number of benzene rings is 2. The lowest BCUT2D eigenvalue weighted by molar-refractivity contribution is 0.101. The molecule has 1 aromatic heterocycles. The zero-order valence-corrected chi connectivity index (χ0v) is 16.7. The van der Waals surface area contributed by atoms with E-state index in [1.54, 1.807) is 29.2 Å². The van der Waals surface area contributed by atoms with Crippen molar-refractivity contribution in [2.75, 3.05) is 4.90 Å². The van der Waals surface area contributed by atoms with Gasteiger partial charge in [0.15, 0.2) is 0 Å². The summed E-state index contributed by atoms with van der Waals surface area (Å²) in [6.07, 6.45) is 2.77. The van der Waals surface area contributed by atoms with E-state index in [-0.39, 0.29) is 11.3 Å². The number of nitrogens with zero attached hydrogens (tertiary/aromatic N) is 2. The van der Waals surface area contributed by atoms with Crippen LogP contribution in [0.5, 0.6) is 0 Å². The number of hydrogen-bond donors (Lipinski definition) is 0. The lowest BCUT2D eigenvalue weighted by Gasteiger charge is -2.30. The number of hydrogen-bond acceptors (Lipinski definition) is 2. The molecule has 0 fully saturated rings. The van der Waals surface area contributed by atoms with Crippen molar-refractivity contribution in [3.8, 4) is 0 Å². The van der Waals surface area contributed by atoms with Crippen molar-refractivity contribution < 1.29 is 9.18 Å². The summed E-state index contributed by atoms with van der Waals surface area (Å²) in [5, 5.41) is 1.38. The molecule has 2 aliphatic rings. The van der Waals surface area contributed by atoms with E-state index in [9.17, 15) is 9.18 Å². The number of rotatable bonds is 1. The number of pyridine rings is 1. The summed E-state index contributed by atoms with van der Waals surface area (Å²) in [5.74, 6) is -0.634. The topological polar surface area (TPSA) is 33.2 Å². The van der Waals surface area contributed by atoms with Gasteiger partial charge in [0.1, 0.15) is 5.82 Å². The maximum atomic E-state index is 14.0. The van der Waals surface area contributed by atoms with Crippen LogP contribution in [-0.2, 0) is 6.42 Å². The van der Waals surface area contributed by atoms with Gasteiger partial charge in [-0.25, -0.2) is 4.39 Å². The lowest BCUT2D eigenvalue weighted by atomic mass is 9.79. The second-order valence-electron chi connectivity index (χ2n) is 7.90. The van der Waals surface area contributed by atoms with Crippen LogP contribution in [0.3, 0.4) is 0 Å². The van der Waals surface area contributed by atoms with Crippen molar-refractivity contribution in [2.24, 2.45) is 5.41 Å². The number of carbonyl (C=O) groups is 1. The molecule has 2 aromatic carbocycles. The fourth-order valence-electron chi connectivity index (χ4n) is 4.14. The molecule has 0 saturated heterocycles. The fourth-order valence-corrected chi connectivity index (χ4v) is 4.63. The van der Waals surface area contributed by atoms with Crippen LogP contribution < -0.4 is 4.90 Å². The van der Waals surface area contributed by atoms with Gasteiger partial charge in [0.05, 0.1) is 33.2 Å². The average molecular weight is 413 g/mol. The molecule has 2 heterocycles. The summed E-state index contributed by atoms with van der Waals surface area (Å²) < 4.78 is 14.0. The fraction of sp³-hybridized carbons (Fsp3) is 0.182. The molecular weight excluding hydrogens is 398 g/mol. The minimum Gasteiger partial charge on any atom is -0.275 e. The molecule has 0 radical (unpaired) electrons. The molecule has 1 aliphatic heterocycles. The van der Waals surface area contributed by atoms with Crippen LogP contribution >= 0.6 is 23.2 Å². The molecule has 0 bridgehead atoms. The number of amides is 1. The molecule has 140 valence electrons. The predicted molar refractivity (Wildman–Crippen MR) is 110 cm³/mol. The van der Waals surface area contributed by atoms with E-state index in [1.165, 1.54) is 12.1 Å². The smallest absolute Gasteiger partial charge is 0.264 e. The third-order valence-corrected chi connectivity index (χ3v) is 5.77. The highest BCUT2D eigenvalue weighted by atomic mass is 35.5. The van der Waals surface area contributed by atoms with Gasteiger partial charge < -0.3 is 0 Å². The van der Waals surface area contributed by atoms with Gasteiger partial charge >= 0.3 is 0 Å². The molecule has 6 heteroatoms. The number of halogens is 3. The quantitative estimate of drug-likeness (QED) is 0.472. The standard InChI is InChI=1S/C22H15Cl2FN2O/c1-22(2)9-16-20-18(10-22)27(17-6-3-11(23)7-14(17)24)21(28)19(20)13-8-12(25)4-5-15(13)26-16/h3-8,10H,9H2,1-2H3. The van der Waals surface area contributed by atoms with Gasteiger partial charge in [-0.15, -0.1) is 0 Å². The highest BCUT2D eigenvalue weighted by Crippen LogP contribution is 2.48. The number of carbonyl (C=O) groups excluding carboxylic acids is 1. The number of allylic oxidation sites excluding steroid dienone is 1. The number of aromatic nitrogens is 1. The Morgan fingerprint density at radius 1 is 1.11 bits per heavy atom. The van der Waals surface area contributed by atoms with Crippen molar-refractivity contribution in [3.05, 3.63) is 75.2 Å². The van der Waals surface area contributed by atoms with Gasteiger partial charge in [-0.05, 0) is 48.2 Å². The van der Waals surface area contributed by atoms with Gasteiger partial charge in [0.2, 0.25) is 0 Å². The Morgan fingerprint density at radius 2 is 1.89 bits per heavy atom. The zero-order valence-electron chi connectivity index (χ0n) is 15.2. The van der Waals surface area contributed by atoms with Gasteiger partial charge in [0.25, 0.3) is 5.91 Å². The Kier molecular flexibility index (Phi) is 3.65. The zero-order chi connectivity index (χ0) is 19.8. The van der Waals surface area contributed by atoms with Gasteiger partial charge in [0, 0.05) is 16.0 Å². The van der Waals surface area contributed by atoms with Gasteiger partial charge in [-0.2, -0.15) is 0 Å². The SMILES string of the molecule is CC1(C)C=C2c3c(nc4ccc(F)cc4c3C(=O)N2c2ccc(Cl)cc2Cl)C1. The second kappa shape index (κ2) is 5.79. The molecular formula is C22H15Cl2FN2O. The molecule has 1 aliphatic carbocycles. The summed E-state index contributed by atoms with van der Waals surface area (Å²) in [6, 6.07) is 9.40. The van der Waals surface area contributed by atoms with Crippen LogP contribution in [0.1, 0.15) is 35.5 Å². The Morgan fingerprint density at radius 3 is 2.64 bits per heavy atom. The molecule has 0 atom stereocenters. The van der Waals surface area contributed by atoms with Crippen molar-refractivity contribution >= 4 is 51.4 Å². The van der Waals surface area contributed by atoms with Crippen LogP contribution in [-0.4, -0.2) is 10.9 Å². The summed E-state index contributed by atoms with van der Waals surface area (Å²) >= 11 is 12.5. The van der Waals surface area contributed by atoms with E-state index >= 15 is 0 Å². The van der Waals surface area contributed by atoms with Crippen LogP contribution in [0.25, 0.3) is 16.6 Å². The molecule has 3 nitrogen and oxygen atoms in total. The maximum Gasteiger partial charge on any atom is 0.264 e. The molecule has 28 heavy (non-hydrogen) atoms. The molecule has 1 amide bonds. The third kappa shape index (κ3) is 2.48. The first-order valence-corrected chi connectivity index (χ1v) is 9.66. The first-order valence-electron chi connectivity index (χ1n) is 8.90. The highest BCUT2D eigenvalue weighted by molar-refractivity contribution is 6.38. The average Bonchev–Trinajstić information content (AvgIpc) is 2.88. The molecule has 0 spiro atoms. The Labute approximate surface area is 171 Å². The summed E-state index contributed by atoms with van der Waals surface area (Å²) in [4.78, 5) is 19.9. The minimum absolute atomic E-state index is 0.192. The van der Waals surface area contributed by atoms with Crippen molar-refractivity contribution in [3.63, 3.8) is 0 Å². The van der Waals surface area contributed by atoms with E-state index < -0.39 is 5.82 Å². The Bertz CT molecular complexity index is 1230. The normalized spacial score (nSPS) is 17.1. The first-order chi connectivity index (χ1) is 13.2. The van der Waals surface area contributed by atoms with Crippen LogP contribution in [0.2, 0.25) is 10.0 Å². The van der Waals surface area contributed by atoms with E-state index in [4.69, 9.17) is 28.2 Å². The van der Waals surface area contributed by atoms with Crippen LogP contribution in [0.15, 0.2) is 42.5 Å². The molecule has 5 rings (SSSR count). The van der Waals surface area contributed by atoms with E-state index in [2.05, 4.69) is 19.9 Å². The molecule has 0 N–H and O–H groups in total. The van der Waals surface area contributed by atoms with Gasteiger partial charge in [-0.3, -0.25) is 14.7 Å². The van der Waals surface area contributed by atoms with Gasteiger partial charge in [-0.1, -0.05) is 43.1 Å². The largest absolute Gasteiger partial charge is 0.275 e. The molecule has 3 aromatic rings. The number of fused-ring (bicyclic) bond motifs is 2.